The third-order valence-electron chi connectivity index (χ3n) is 4.50. The summed E-state index contributed by atoms with van der Waals surface area (Å²) >= 11 is 5.62. The minimum atomic E-state index is 0.578. The first-order valence-corrected chi connectivity index (χ1v) is 8.63. The summed E-state index contributed by atoms with van der Waals surface area (Å²) in [6.45, 7) is 8.39. The molecule has 2 aromatic carbocycles. The highest BCUT2D eigenvalue weighted by atomic mass is 32.1. The van der Waals surface area contributed by atoms with Crippen molar-refractivity contribution in [3.63, 3.8) is 0 Å². The van der Waals surface area contributed by atoms with Crippen LogP contribution in [-0.2, 0) is 0 Å². The maximum Gasteiger partial charge on any atom is 0.173 e. The van der Waals surface area contributed by atoms with Crippen molar-refractivity contribution < 1.29 is 0 Å². The number of likely N-dealkylation sites (tertiary alicyclic amines) is 1. The fraction of sp³-hybridized carbons (Fsp3) is 0.350. The molecular formula is C20H24N2S. The van der Waals surface area contributed by atoms with Gasteiger partial charge in [-0.1, -0.05) is 35.9 Å². The van der Waals surface area contributed by atoms with Crippen molar-refractivity contribution in [1.29, 1.82) is 0 Å². The van der Waals surface area contributed by atoms with Crippen molar-refractivity contribution in [1.82, 2.24) is 4.90 Å². The van der Waals surface area contributed by atoms with Crippen LogP contribution in [0.5, 0.6) is 0 Å². The van der Waals surface area contributed by atoms with E-state index in [4.69, 9.17) is 12.2 Å². The van der Waals surface area contributed by atoms with Crippen LogP contribution in [-0.4, -0.2) is 23.1 Å². The number of thiocarbonyl (C=S) groups is 1. The van der Waals surface area contributed by atoms with Crippen molar-refractivity contribution in [3.05, 3.63) is 64.7 Å². The van der Waals surface area contributed by atoms with Gasteiger partial charge in [0.05, 0.1) is 0 Å². The fourth-order valence-electron chi connectivity index (χ4n) is 3.30. The van der Waals surface area contributed by atoms with Gasteiger partial charge in [0.1, 0.15) is 0 Å². The Bertz CT molecular complexity index is 686. The highest BCUT2D eigenvalue weighted by Gasteiger charge is 2.25. The zero-order valence-corrected chi connectivity index (χ0v) is 14.9. The number of nitrogens with one attached hydrogen (secondary N) is 1. The predicted molar refractivity (Wildman–Crippen MR) is 102 cm³/mol. The molecule has 1 heterocycles. The topological polar surface area (TPSA) is 15.3 Å². The minimum Gasteiger partial charge on any atom is -0.348 e. The van der Waals surface area contributed by atoms with Crippen LogP contribution in [0, 0.1) is 20.8 Å². The largest absolute Gasteiger partial charge is 0.348 e. The Kier molecular flexibility index (Phi) is 4.67. The number of aryl methyl sites for hydroxylation is 3. The molecule has 1 N–H and O–H groups in total. The molecule has 0 bridgehead atoms. The van der Waals surface area contributed by atoms with E-state index in [0.717, 1.165) is 30.3 Å². The number of benzene rings is 2. The Morgan fingerprint density at radius 3 is 2.30 bits per heavy atom. The number of anilines is 1. The van der Waals surface area contributed by atoms with Gasteiger partial charge in [0, 0.05) is 24.7 Å². The molecule has 1 atom stereocenters. The monoisotopic (exact) mass is 324 g/mol. The molecule has 0 unspecified atom stereocenters. The van der Waals surface area contributed by atoms with Gasteiger partial charge in [-0.25, -0.2) is 0 Å². The minimum absolute atomic E-state index is 0.578. The summed E-state index contributed by atoms with van der Waals surface area (Å²) < 4.78 is 0. The van der Waals surface area contributed by atoms with Gasteiger partial charge in [-0.2, -0.15) is 0 Å². The molecule has 3 heteroatoms. The first-order valence-electron chi connectivity index (χ1n) is 8.22. The molecule has 0 aliphatic carbocycles. The second-order valence-corrected chi connectivity index (χ2v) is 7.04. The number of hydrogen-bond donors (Lipinski definition) is 1. The molecule has 1 fully saturated rings. The summed E-state index contributed by atoms with van der Waals surface area (Å²) in [5, 5.41) is 4.24. The Morgan fingerprint density at radius 2 is 1.65 bits per heavy atom. The molecule has 120 valence electrons. The smallest absolute Gasteiger partial charge is 0.173 e. The van der Waals surface area contributed by atoms with Crippen LogP contribution in [0.1, 0.15) is 34.6 Å². The van der Waals surface area contributed by atoms with Gasteiger partial charge < -0.3 is 10.2 Å². The SMILES string of the molecule is Cc1ccc([C@@H]2CCN(C(=S)Nc3cc(C)cc(C)c3)C2)cc1. The fourth-order valence-corrected chi connectivity index (χ4v) is 3.59. The van der Waals surface area contributed by atoms with Gasteiger partial charge in [0.15, 0.2) is 5.11 Å². The lowest BCUT2D eigenvalue weighted by Crippen LogP contribution is -2.32. The van der Waals surface area contributed by atoms with Crippen LogP contribution in [0.4, 0.5) is 5.69 Å². The molecule has 2 nitrogen and oxygen atoms in total. The van der Waals surface area contributed by atoms with Crippen LogP contribution in [0.2, 0.25) is 0 Å². The quantitative estimate of drug-likeness (QED) is 0.799. The number of nitrogens with zero attached hydrogens (tertiary/aromatic N) is 1. The van der Waals surface area contributed by atoms with Crippen LogP contribution in [0.15, 0.2) is 42.5 Å². The second kappa shape index (κ2) is 6.71. The van der Waals surface area contributed by atoms with E-state index in [9.17, 15) is 0 Å². The van der Waals surface area contributed by atoms with Gasteiger partial charge in [-0.05, 0) is 68.2 Å². The van der Waals surface area contributed by atoms with E-state index < -0.39 is 0 Å². The van der Waals surface area contributed by atoms with Crippen LogP contribution in [0.3, 0.4) is 0 Å². The molecular weight excluding hydrogens is 300 g/mol. The van der Waals surface area contributed by atoms with Crippen LogP contribution < -0.4 is 5.32 Å². The molecule has 0 radical (unpaired) electrons. The lowest BCUT2D eigenvalue weighted by Gasteiger charge is -2.21. The maximum atomic E-state index is 5.62. The van der Waals surface area contributed by atoms with Crippen molar-refractivity contribution >= 4 is 23.0 Å². The van der Waals surface area contributed by atoms with E-state index in [1.165, 1.54) is 22.3 Å². The van der Waals surface area contributed by atoms with Crippen molar-refractivity contribution in [3.8, 4) is 0 Å². The third kappa shape index (κ3) is 3.91. The van der Waals surface area contributed by atoms with Crippen molar-refractivity contribution in [2.24, 2.45) is 0 Å². The summed E-state index contributed by atoms with van der Waals surface area (Å²) in [7, 11) is 0. The Balaban J connectivity index is 1.64. The normalized spacial score (nSPS) is 17.3. The molecule has 1 saturated heterocycles. The zero-order valence-electron chi connectivity index (χ0n) is 14.1. The molecule has 0 saturated carbocycles. The summed E-state index contributed by atoms with van der Waals surface area (Å²) in [5.41, 5.74) is 6.35. The van der Waals surface area contributed by atoms with Gasteiger partial charge in [-0.3, -0.25) is 0 Å². The Labute approximate surface area is 144 Å². The van der Waals surface area contributed by atoms with E-state index in [1.807, 2.05) is 0 Å². The Morgan fingerprint density at radius 1 is 1.00 bits per heavy atom. The number of rotatable bonds is 2. The molecule has 0 aromatic heterocycles. The van der Waals surface area contributed by atoms with E-state index in [0.29, 0.717) is 5.92 Å². The van der Waals surface area contributed by atoms with Crippen molar-refractivity contribution in [2.45, 2.75) is 33.1 Å². The van der Waals surface area contributed by atoms with Crippen LogP contribution >= 0.6 is 12.2 Å². The molecule has 3 rings (SSSR count). The van der Waals surface area contributed by atoms with Gasteiger partial charge in [0.2, 0.25) is 0 Å². The maximum absolute atomic E-state index is 5.62. The zero-order chi connectivity index (χ0) is 16.4. The van der Waals surface area contributed by atoms with E-state index in [1.54, 1.807) is 0 Å². The lowest BCUT2D eigenvalue weighted by molar-refractivity contribution is 0.518. The first kappa shape index (κ1) is 16.0. The van der Waals surface area contributed by atoms with E-state index >= 15 is 0 Å². The van der Waals surface area contributed by atoms with Crippen molar-refractivity contribution in [2.75, 3.05) is 18.4 Å². The molecule has 23 heavy (non-hydrogen) atoms. The number of hydrogen-bond acceptors (Lipinski definition) is 1. The second-order valence-electron chi connectivity index (χ2n) is 6.65. The van der Waals surface area contributed by atoms with Gasteiger partial charge >= 0.3 is 0 Å². The van der Waals surface area contributed by atoms with Crippen LogP contribution in [0.25, 0.3) is 0 Å². The average molecular weight is 324 g/mol. The molecule has 0 spiro atoms. The highest BCUT2D eigenvalue weighted by molar-refractivity contribution is 7.80. The van der Waals surface area contributed by atoms with Gasteiger partial charge in [-0.15, -0.1) is 0 Å². The Hall–Kier alpha value is -1.87. The average Bonchev–Trinajstić information content (AvgIpc) is 2.97. The summed E-state index contributed by atoms with van der Waals surface area (Å²) in [5.74, 6) is 0.578. The van der Waals surface area contributed by atoms with E-state index in [-0.39, 0.29) is 0 Å². The molecule has 1 aliphatic heterocycles. The third-order valence-corrected chi connectivity index (χ3v) is 4.86. The molecule has 2 aromatic rings. The van der Waals surface area contributed by atoms with Gasteiger partial charge in [0.25, 0.3) is 0 Å². The summed E-state index contributed by atoms with van der Waals surface area (Å²) in [6.07, 6.45) is 1.16. The molecule has 1 aliphatic rings. The first-order chi connectivity index (χ1) is 11.0. The highest BCUT2D eigenvalue weighted by Crippen LogP contribution is 2.28. The lowest BCUT2D eigenvalue weighted by atomic mass is 9.98. The summed E-state index contributed by atoms with van der Waals surface area (Å²) in [4.78, 5) is 2.29. The summed E-state index contributed by atoms with van der Waals surface area (Å²) in [6, 6.07) is 15.4. The standard InChI is InChI=1S/C20H24N2S/c1-14-4-6-17(7-5-14)18-8-9-22(13-18)20(23)21-19-11-15(2)10-16(3)12-19/h4-7,10-12,18H,8-9,13H2,1-3H3,(H,21,23)/t18-/m1/s1. The molecule has 0 amide bonds. The van der Waals surface area contributed by atoms with E-state index in [2.05, 4.69) is 73.5 Å². The predicted octanol–water partition coefficient (Wildman–Crippen LogP) is 4.80.